The smallest absolute Gasteiger partial charge is 0.111 e. The maximum Gasteiger partial charge on any atom is 0.111 e. The monoisotopic (exact) mass is 192 g/mol. The average Bonchev–Trinajstić information content (AvgIpc) is 1.64. The van der Waals surface area contributed by atoms with E-state index in [1.807, 2.05) is 0 Å². The van der Waals surface area contributed by atoms with Gasteiger partial charge in [0.2, 0.25) is 0 Å². The number of halogens is 2. The Morgan fingerprint density at radius 3 is 2.75 bits per heavy atom. The first kappa shape index (κ1) is 6.17. The van der Waals surface area contributed by atoms with Crippen molar-refractivity contribution in [3.8, 4) is 0 Å². The number of hydrogen-bond acceptors (Lipinski definition) is 1. The summed E-state index contributed by atoms with van der Waals surface area (Å²) in [6.07, 6.45) is 5.35. The molecule has 1 aliphatic rings. The van der Waals surface area contributed by atoms with Crippen LogP contribution in [0.25, 0.3) is 0 Å². The molecule has 0 saturated heterocycles. The van der Waals surface area contributed by atoms with Crippen LogP contribution in [0.3, 0.4) is 0 Å². The molecule has 0 saturated carbocycles. The predicted molar refractivity (Wildman–Crippen MR) is 38.4 cm³/mol. The minimum absolute atomic E-state index is 0.732. The van der Waals surface area contributed by atoms with Crippen LogP contribution in [-0.4, -0.2) is 0 Å². The molecule has 0 bridgehead atoms. The normalized spacial score (nSPS) is 20.0. The molecule has 1 radical (unpaired) electrons. The highest BCUT2D eigenvalue weighted by Gasteiger charge is 2.00. The topological polar surface area (TPSA) is 12.0 Å². The van der Waals surface area contributed by atoms with Crippen LogP contribution in [0, 0.1) is 5.38 Å². The Balaban J connectivity index is 2.60. The minimum Gasteiger partial charge on any atom is -0.356 e. The van der Waals surface area contributed by atoms with Crippen LogP contribution in [0.2, 0.25) is 0 Å². The highest BCUT2D eigenvalue weighted by atomic mass is 79.9. The Hall–Kier alpha value is 0.0500. The van der Waals surface area contributed by atoms with Gasteiger partial charge in [-0.2, -0.15) is 0 Å². The molecule has 0 amide bonds. The van der Waals surface area contributed by atoms with Gasteiger partial charge in [0.15, 0.2) is 0 Å². The van der Waals surface area contributed by atoms with E-state index in [1.165, 1.54) is 0 Å². The fourth-order valence-electron chi connectivity index (χ4n) is 0.412. The molecule has 0 atom stereocenters. The third-order valence-electron chi connectivity index (χ3n) is 0.728. The molecular weight excluding hydrogens is 189 g/mol. The molecule has 8 heavy (non-hydrogen) atoms. The summed E-state index contributed by atoms with van der Waals surface area (Å²) in [5.74, 6) is 0. The van der Waals surface area contributed by atoms with E-state index in [4.69, 9.17) is 11.6 Å². The fourth-order valence-corrected chi connectivity index (χ4v) is 1.09. The third-order valence-corrected chi connectivity index (χ3v) is 1.42. The van der Waals surface area contributed by atoms with Crippen molar-refractivity contribution >= 4 is 27.5 Å². The number of hydrogen-bond donors (Lipinski definition) is 1. The van der Waals surface area contributed by atoms with Crippen molar-refractivity contribution in [1.29, 1.82) is 0 Å². The molecule has 0 aromatic heterocycles. The van der Waals surface area contributed by atoms with Gasteiger partial charge >= 0.3 is 0 Å². The summed E-state index contributed by atoms with van der Waals surface area (Å²) >= 11 is 8.82. The van der Waals surface area contributed by atoms with E-state index >= 15 is 0 Å². The highest BCUT2D eigenvalue weighted by molar-refractivity contribution is 9.11. The average molecular weight is 193 g/mol. The zero-order valence-corrected chi connectivity index (χ0v) is 6.33. The van der Waals surface area contributed by atoms with Gasteiger partial charge in [-0.15, -0.1) is 11.6 Å². The molecule has 0 aliphatic carbocycles. The maximum atomic E-state index is 5.59. The summed E-state index contributed by atoms with van der Waals surface area (Å²) in [4.78, 5) is 0. The second kappa shape index (κ2) is 2.55. The van der Waals surface area contributed by atoms with Crippen molar-refractivity contribution in [2.45, 2.75) is 0 Å². The van der Waals surface area contributed by atoms with Crippen LogP contribution < -0.4 is 5.32 Å². The first-order valence-corrected chi connectivity index (χ1v) is 3.29. The molecule has 1 heterocycles. The first-order chi connectivity index (χ1) is 3.79. The standard InChI is InChI=1S/C5H4BrClN/c6-5-3-4(7)1-2-8-5/h1-3,8H. The van der Waals surface area contributed by atoms with Crippen molar-refractivity contribution in [3.05, 3.63) is 28.3 Å². The Labute approximate surface area is 61.5 Å². The molecule has 0 aromatic carbocycles. The van der Waals surface area contributed by atoms with Gasteiger partial charge in [0.1, 0.15) is 5.38 Å². The van der Waals surface area contributed by atoms with Gasteiger partial charge in [-0.25, -0.2) is 0 Å². The van der Waals surface area contributed by atoms with E-state index < -0.39 is 0 Å². The molecule has 0 unspecified atom stereocenters. The first-order valence-electron chi connectivity index (χ1n) is 2.12. The van der Waals surface area contributed by atoms with Gasteiger partial charge in [-0.1, -0.05) is 0 Å². The molecule has 3 heteroatoms. The number of allylic oxidation sites excluding steroid dienone is 2. The van der Waals surface area contributed by atoms with E-state index in [2.05, 4.69) is 21.2 Å². The molecule has 1 N–H and O–H groups in total. The Kier molecular flexibility index (Phi) is 1.97. The van der Waals surface area contributed by atoms with Crippen LogP contribution in [0.4, 0.5) is 0 Å². The summed E-state index contributed by atoms with van der Waals surface area (Å²) in [6, 6.07) is 0. The van der Waals surface area contributed by atoms with Gasteiger partial charge in [0.25, 0.3) is 0 Å². The van der Waals surface area contributed by atoms with Crippen molar-refractivity contribution in [3.63, 3.8) is 0 Å². The molecule has 0 aromatic rings. The lowest BCUT2D eigenvalue weighted by molar-refractivity contribution is 1.14. The maximum absolute atomic E-state index is 5.59. The zero-order chi connectivity index (χ0) is 5.98. The highest BCUT2D eigenvalue weighted by Crippen LogP contribution is 2.17. The molecule has 1 aliphatic heterocycles. The summed E-state index contributed by atoms with van der Waals surface area (Å²) < 4.78 is 0.894. The van der Waals surface area contributed by atoms with Crippen LogP contribution >= 0.6 is 27.5 Å². The van der Waals surface area contributed by atoms with Crippen molar-refractivity contribution in [2.75, 3.05) is 0 Å². The van der Waals surface area contributed by atoms with Gasteiger partial charge in [0.05, 0.1) is 4.61 Å². The summed E-state index contributed by atoms with van der Waals surface area (Å²) in [5, 5.41) is 3.64. The summed E-state index contributed by atoms with van der Waals surface area (Å²) in [5.41, 5.74) is 0. The number of dihydropyridines is 1. The van der Waals surface area contributed by atoms with Gasteiger partial charge < -0.3 is 5.32 Å². The molecule has 0 spiro atoms. The summed E-state index contributed by atoms with van der Waals surface area (Å²) in [6.45, 7) is 0. The van der Waals surface area contributed by atoms with E-state index in [0.717, 1.165) is 9.98 Å². The Morgan fingerprint density at radius 2 is 2.38 bits per heavy atom. The lowest BCUT2D eigenvalue weighted by Crippen LogP contribution is -2.03. The van der Waals surface area contributed by atoms with E-state index in [1.54, 1.807) is 18.4 Å². The largest absolute Gasteiger partial charge is 0.356 e. The van der Waals surface area contributed by atoms with E-state index in [0.29, 0.717) is 0 Å². The van der Waals surface area contributed by atoms with Crippen molar-refractivity contribution in [1.82, 2.24) is 5.32 Å². The van der Waals surface area contributed by atoms with Gasteiger partial charge in [-0.3, -0.25) is 0 Å². The van der Waals surface area contributed by atoms with Gasteiger partial charge in [0, 0.05) is 0 Å². The zero-order valence-electron chi connectivity index (χ0n) is 3.99. The minimum atomic E-state index is 0.732. The van der Waals surface area contributed by atoms with E-state index in [-0.39, 0.29) is 0 Å². The number of rotatable bonds is 0. The second-order valence-corrected chi connectivity index (χ2v) is 2.65. The summed E-state index contributed by atoms with van der Waals surface area (Å²) in [7, 11) is 0. The van der Waals surface area contributed by atoms with Crippen molar-refractivity contribution < 1.29 is 0 Å². The third kappa shape index (κ3) is 1.53. The van der Waals surface area contributed by atoms with Gasteiger partial charge in [-0.05, 0) is 34.3 Å². The quantitative estimate of drug-likeness (QED) is 0.581. The van der Waals surface area contributed by atoms with Crippen LogP contribution in [-0.2, 0) is 0 Å². The predicted octanol–water partition coefficient (Wildman–Crippen LogP) is 2.11. The fraction of sp³-hybridized carbons (Fsp3) is 0. The Bertz CT molecular complexity index is 141. The lowest BCUT2D eigenvalue weighted by atomic mass is 10.3. The second-order valence-electron chi connectivity index (χ2n) is 1.35. The SMILES string of the molecule is Cl[C]1C=CNC(Br)=C1. The molecular formula is C5H4BrClN. The van der Waals surface area contributed by atoms with E-state index in [9.17, 15) is 0 Å². The molecule has 1 nitrogen and oxygen atoms in total. The molecule has 43 valence electrons. The molecule has 1 rings (SSSR count). The Morgan fingerprint density at radius 1 is 1.62 bits per heavy atom. The molecule has 0 fully saturated rings. The number of nitrogens with one attached hydrogen (secondary N) is 1. The van der Waals surface area contributed by atoms with Crippen molar-refractivity contribution in [2.24, 2.45) is 0 Å². The van der Waals surface area contributed by atoms with Crippen LogP contribution in [0.5, 0.6) is 0 Å². The van der Waals surface area contributed by atoms with Crippen LogP contribution in [0.1, 0.15) is 0 Å². The van der Waals surface area contributed by atoms with Crippen LogP contribution in [0.15, 0.2) is 23.0 Å². The lowest BCUT2D eigenvalue weighted by Gasteiger charge is -2.05.